The van der Waals surface area contributed by atoms with Gasteiger partial charge in [-0.1, -0.05) is 187 Å². The highest BCUT2D eigenvalue weighted by atomic mass is 32.3. The Bertz CT molecular complexity index is 564. The lowest BCUT2D eigenvalue weighted by atomic mass is 10.0. The fraction of sp³-hybridized carbons (Fsp3) is 0.971. The van der Waals surface area contributed by atoms with Crippen molar-refractivity contribution >= 4 is 16.4 Å². The number of rotatable bonds is 31. The number of hydrogen-bond donors (Lipinski definition) is 2. The summed E-state index contributed by atoms with van der Waals surface area (Å²) < 4.78 is 37.0. The Balaban J connectivity index is 0. The second-order valence-electron chi connectivity index (χ2n) is 12.0. The van der Waals surface area contributed by atoms with Crippen LogP contribution in [0, 0.1) is 0 Å². The number of esters is 1. The molecule has 0 atom stereocenters. The van der Waals surface area contributed by atoms with Crippen LogP contribution in [0.5, 0.6) is 0 Å². The number of unbranched alkanes of at least 4 members (excludes halogenated alkanes) is 27. The van der Waals surface area contributed by atoms with E-state index in [1.165, 1.54) is 173 Å². The third kappa shape index (κ3) is 49.3. The highest BCUT2D eigenvalue weighted by Gasteiger charge is 2.03. The van der Waals surface area contributed by atoms with Gasteiger partial charge in [0.2, 0.25) is 0 Å². The Hall–Kier alpha value is -0.660. The summed E-state index contributed by atoms with van der Waals surface area (Å²) in [5.41, 5.74) is 0. The Labute approximate surface area is 256 Å². The summed E-state index contributed by atoms with van der Waals surface area (Å²) >= 11 is 0. The summed E-state index contributed by atoms with van der Waals surface area (Å²) in [6.45, 7) is 5.21. The molecule has 0 aliphatic carbocycles. The first-order valence-electron chi connectivity index (χ1n) is 17.7. The Kier molecular flexibility index (Phi) is 36.8. The van der Waals surface area contributed by atoms with E-state index in [4.69, 9.17) is 22.3 Å². The van der Waals surface area contributed by atoms with Crippen molar-refractivity contribution < 1.29 is 27.1 Å². The van der Waals surface area contributed by atoms with Gasteiger partial charge in [-0.15, -0.1) is 0 Å². The summed E-state index contributed by atoms with van der Waals surface area (Å²) in [5, 5.41) is 0. The van der Waals surface area contributed by atoms with Crippen molar-refractivity contribution in [2.75, 3.05) is 6.61 Å². The summed E-state index contributed by atoms with van der Waals surface area (Å²) in [7, 11) is -4.67. The third-order valence-corrected chi connectivity index (χ3v) is 7.75. The molecule has 0 aromatic heterocycles. The van der Waals surface area contributed by atoms with Crippen molar-refractivity contribution in [1.82, 2.24) is 0 Å². The maximum absolute atomic E-state index is 11.9. The highest BCUT2D eigenvalue weighted by molar-refractivity contribution is 7.79. The van der Waals surface area contributed by atoms with Gasteiger partial charge in [0.05, 0.1) is 6.61 Å². The van der Waals surface area contributed by atoms with Gasteiger partial charge >= 0.3 is 16.4 Å². The lowest BCUT2D eigenvalue weighted by Gasteiger charge is -2.06. The largest absolute Gasteiger partial charge is 0.466 e. The SMILES string of the molecule is CCCCCCCCCCCCCCCCCC(=O)OCCCCCCCCCCCCCCCC.O=S(=O)(O)O. The van der Waals surface area contributed by atoms with Crippen molar-refractivity contribution in [2.45, 2.75) is 206 Å². The van der Waals surface area contributed by atoms with Crippen LogP contribution < -0.4 is 0 Å². The fourth-order valence-corrected chi connectivity index (χ4v) is 5.20. The maximum Gasteiger partial charge on any atom is 0.394 e. The van der Waals surface area contributed by atoms with E-state index in [9.17, 15) is 4.79 Å². The molecular weight excluding hydrogens is 536 g/mol. The maximum atomic E-state index is 11.9. The average molecular weight is 607 g/mol. The predicted molar refractivity (Wildman–Crippen MR) is 175 cm³/mol. The molecule has 41 heavy (non-hydrogen) atoms. The lowest BCUT2D eigenvalue weighted by Crippen LogP contribution is -2.05. The van der Waals surface area contributed by atoms with Crippen LogP contribution in [0.4, 0.5) is 0 Å². The van der Waals surface area contributed by atoms with Crippen LogP contribution in [0.15, 0.2) is 0 Å². The predicted octanol–water partition coefficient (Wildman–Crippen LogP) is 11.6. The summed E-state index contributed by atoms with van der Waals surface area (Å²) in [6.07, 6.45) is 40.1. The molecule has 0 unspecified atom stereocenters. The van der Waals surface area contributed by atoms with Gasteiger partial charge in [0, 0.05) is 6.42 Å². The van der Waals surface area contributed by atoms with Gasteiger partial charge in [0.25, 0.3) is 0 Å². The first-order valence-corrected chi connectivity index (χ1v) is 19.1. The molecule has 0 aromatic carbocycles. The second-order valence-corrected chi connectivity index (χ2v) is 12.9. The van der Waals surface area contributed by atoms with Gasteiger partial charge in [-0.3, -0.25) is 13.9 Å². The molecule has 0 heterocycles. The van der Waals surface area contributed by atoms with Gasteiger partial charge < -0.3 is 4.74 Å². The van der Waals surface area contributed by atoms with Crippen LogP contribution in [-0.4, -0.2) is 30.1 Å². The summed E-state index contributed by atoms with van der Waals surface area (Å²) in [5.74, 6) is 0.0272. The Morgan fingerprint density at radius 1 is 0.439 bits per heavy atom. The van der Waals surface area contributed by atoms with Gasteiger partial charge in [-0.2, -0.15) is 8.42 Å². The van der Waals surface area contributed by atoms with E-state index in [0.717, 1.165) is 12.8 Å². The van der Waals surface area contributed by atoms with Crippen LogP contribution in [0.3, 0.4) is 0 Å². The average Bonchev–Trinajstić information content (AvgIpc) is 2.92. The zero-order valence-corrected chi connectivity index (χ0v) is 28.2. The van der Waals surface area contributed by atoms with E-state index in [-0.39, 0.29) is 5.97 Å². The van der Waals surface area contributed by atoms with E-state index in [1.807, 2.05) is 0 Å². The Morgan fingerprint density at radius 3 is 0.927 bits per heavy atom. The molecule has 0 aliphatic rings. The molecule has 6 nitrogen and oxygen atoms in total. The highest BCUT2D eigenvalue weighted by Crippen LogP contribution is 2.15. The molecule has 0 bridgehead atoms. The van der Waals surface area contributed by atoms with E-state index < -0.39 is 10.4 Å². The smallest absolute Gasteiger partial charge is 0.394 e. The molecular formula is C34H70O6S. The van der Waals surface area contributed by atoms with Gasteiger partial charge in [-0.05, 0) is 12.8 Å². The van der Waals surface area contributed by atoms with Crippen molar-refractivity contribution in [2.24, 2.45) is 0 Å². The minimum atomic E-state index is -4.67. The summed E-state index contributed by atoms with van der Waals surface area (Å²) in [4.78, 5) is 11.9. The van der Waals surface area contributed by atoms with Crippen molar-refractivity contribution in [1.29, 1.82) is 0 Å². The quantitative estimate of drug-likeness (QED) is 0.0462. The number of carbonyl (C=O) groups excluding carboxylic acids is 1. The van der Waals surface area contributed by atoms with Crippen LogP contribution in [0.25, 0.3) is 0 Å². The van der Waals surface area contributed by atoms with Gasteiger partial charge in [0.15, 0.2) is 0 Å². The fourth-order valence-electron chi connectivity index (χ4n) is 5.20. The van der Waals surface area contributed by atoms with E-state index in [0.29, 0.717) is 13.0 Å². The molecule has 0 fully saturated rings. The van der Waals surface area contributed by atoms with Crippen molar-refractivity contribution in [3.63, 3.8) is 0 Å². The lowest BCUT2D eigenvalue weighted by molar-refractivity contribution is -0.143. The number of ether oxygens (including phenoxy) is 1. The molecule has 0 aromatic rings. The minimum absolute atomic E-state index is 0.0272. The third-order valence-electron chi connectivity index (χ3n) is 7.75. The standard InChI is InChI=1S/C34H68O2.H2O4S/c1-3-5-7-9-11-13-15-17-19-20-22-24-26-28-30-32-34(35)36-33-31-29-27-25-23-21-18-16-14-12-10-8-6-4-2;1-5(2,3)4/h3-33H2,1-2H3;(H2,1,2,3,4). The Morgan fingerprint density at radius 2 is 0.659 bits per heavy atom. The van der Waals surface area contributed by atoms with Crippen molar-refractivity contribution in [3.8, 4) is 0 Å². The first kappa shape index (κ1) is 42.5. The monoisotopic (exact) mass is 606 g/mol. The molecule has 0 saturated heterocycles. The van der Waals surface area contributed by atoms with E-state index in [2.05, 4.69) is 13.8 Å². The van der Waals surface area contributed by atoms with Crippen LogP contribution in [0.2, 0.25) is 0 Å². The van der Waals surface area contributed by atoms with E-state index in [1.54, 1.807) is 0 Å². The van der Waals surface area contributed by atoms with E-state index >= 15 is 0 Å². The molecule has 0 rings (SSSR count). The zero-order chi connectivity index (χ0) is 30.7. The van der Waals surface area contributed by atoms with Gasteiger partial charge in [-0.25, -0.2) is 0 Å². The normalized spacial score (nSPS) is 11.3. The topological polar surface area (TPSA) is 101 Å². The first-order chi connectivity index (χ1) is 19.8. The molecule has 0 spiro atoms. The zero-order valence-electron chi connectivity index (χ0n) is 27.4. The summed E-state index contributed by atoms with van der Waals surface area (Å²) in [6, 6.07) is 0. The molecule has 0 amide bonds. The van der Waals surface area contributed by atoms with Crippen LogP contribution in [0.1, 0.15) is 206 Å². The molecule has 0 radical (unpaired) electrons. The molecule has 248 valence electrons. The molecule has 7 heteroatoms. The second kappa shape index (κ2) is 35.5. The minimum Gasteiger partial charge on any atom is -0.466 e. The van der Waals surface area contributed by atoms with Crippen LogP contribution in [-0.2, 0) is 19.9 Å². The molecule has 0 saturated carbocycles. The van der Waals surface area contributed by atoms with Crippen molar-refractivity contribution in [3.05, 3.63) is 0 Å². The molecule has 0 aliphatic heterocycles. The molecule has 2 N–H and O–H groups in total. The van der Waals surface area contributed by atoms with Crippen LogP contribution >= 0.6 is 0 Å². The van der Waals surface area contributed by atoms with Gasteiger partial charge in [0.1, 0.15) is 0 Å². The number of hydrogen-bond acceptors (Lipinski definition) is 4. The number of carbonyl (C=O) groups is 1.